The SMILES string of the molecule is Cc1cccc(OCC(=O)Nc2ccc3c(c2)Sc2ncccc2C(=O)N3C(C)C)c1. The van der Waals surface area contributed by atoms with Crippen LogP contribution in [0.25, 0.3) is 0 Å². The molecular weight excluding hydrogens is 410 g/mol. The molecule has 0 saturated carbocycles. The van der Waals surface area contributed by atoms with Crippen LogP contribution in [0.2, 0.25) is 0 Å². The molecule has 0 unspecified atom stereocenters. The van der Waals surface area contributed by atoms with Crippen molar-refractivity contribution in [2.24, 2.45) is 0 Å². The highest BCUT2D eigenvalue weighted by molar-refractivity contribution is 7.99. The van der Waals surface area contributed by atoms with E-state index in [-0.39, 0.29) is 24.5 Å². The van der Waals surface area contributed by atoms with E-state index in [1.165, 1.54) is 11.8 Å². The van der Waals surface area contributed by atoms with Gasteiger partial charge in [-0.25, -0.2) is 4.98 Å². The summed E-state index contributed by atoms with van der Waals surface area (Å²) in [4.78, 5) is 32.6. The maximum absolute atomic E-state index is 13.1. The number of aryl methyl sites for hydroxylation is 1. The molecule has 1 aliphatic heterocycles. The van der Waals surface area contributed by atoms with Gasteiger partial charge in [0.15, 0.2) is 6.61 Å². The quantitative estimate of drug-likeness (QED) is 0.618. The summed E-state index contributed by atoms with van der Waals surface area (Å²) in [6.07, 6.45) is 1.68. The third-order valence-electron chi connectivity index (χ3n) is 4.81. The number of hydrogen-bond acceptors (Lipinski definition) is 5. The van der Waals surface area contributed by atoms with E-state index in [1.807, 2.05) is 57.2 Å². The van der Waals surface area contributed by atoms with E-state index >= 15 is 0 Å². The fourth-order valence-corrected chi connectivity index (χ4v) is 4.46. The predicted octanol–water partition coefficient (Wildman–Crippen LogP) is 4.93. The highest BCUT2D eigenvalue weighted by atomic mass is 32.2. The van der Waals surface area contributed by atoms with Crippen LogP contribution < -0.4 is 15.0 Å². The lowest BCUT2D eigenvalue weighted by Crippen LogP contribution is -2.37. The van der Waals surface area contributed by atoms with Crippen molar-refractivity contribution >= 4 is 35.0 Å². The Balaban J connectivity index is 1.56. The first-order chi connectivity index (χ1) is 14.9. The molecule has 0 spiro atoms. The number of benzene rings is 2. The minimum Gasteiger partial charge on any atom is -0.484 e. The lowest BCUT2D eigenvalue weighted by atomic mass is 10.1. The van der Waals surface area contributed by atoms with Gasteiger partial charge in [0.1, 0.15) is 10.8 Å². The molecule has 3 aromatic rings. The smallest absolute Gasteiger partial charge is 0.262 e. The van der Waals surface area contributed by atoms with Gasteiger partial charge in [0.05, 0.1) is 11.3 Å². The summed E-state index contributed by atoms with van der Waals surface area (Å²) in [6, 6.07) is 16.6. The Morgan fingerprint density at radius 2 is 2.00 bits per heavy atom. The topological polar surface area (TPSA) is 71.5 Å². The molecule has 31 heavy (non-hydrogen) atoms. The Kier molecular flexibility index (Phi) is 5.95. The number of fused-ring (bicyclic) bond motifs is 2. The van der Waals surface area contributed by atoms with Crippen molar-refractivity contribution in [3.05, 3.63) is 71.9 Å². The minimum atomic E-state index is -0.254. The molecule has 1 aromatic heterocycles. The second kappa shape index (κ2) is 8.81. The van der Waals surface area contributed by atoms with Crippen molar-refractivity contribution in [1.82, 2.24) is 4.98 Å². The third-order valence-corrected chi connectivity index (χ3v) is 5.87. The lowest BCUT2D eigenvalue weighted by molar-refractivity contribution is -0.118. The Hall–Kier alpha value is -3.32. The van der Waals surface area contributed by atoms with Gasteiger partial charge in [0, 0.05) is 22.8 Å². The fraction of sp³-hybridized carbons (Fsp3) is 0.208. The normalized spacial score (nSPS) is 12.8. The molecule has 2 heterocycles. The number of aromatic nitrogens is 1. The van der Waals surface area contributed by atoms with E-state index in [0.717, 1.165) is 16.1 Å². The van der Waals surface area contributed by atoms with Crippen molar-refractivity contribution in [2.75, 3.05) is 16.8 Å². The fourth-order valence-electron chi connectivity index (χ4n) is 3.41. The zero-order chi connectivity index (χ0) is 22.0. The first kappa shape index (κ1) is 20.9. The van der Waals surface area contributed by atoms with Crippen LogP contribution in [0.1, 0.15) is 29.8 Å². The number of carbonyl (C=O) groups is 2. The minimum absolute atomic E-state index is 0.0267. The van der Waals surface area contributed by atoms with Gasteiger partial charge in [0.25, 0.3) is 11.8 Å². The van der Waals surface area contributed by atoms with Gasteiger partial charge in [-0.2, -0.15) is 0 Å². The maximum atomic E-state index is 13.1. The van der Waals surface area contributed by atoms with Crippen LogP contribution in [0, 0.1) is 6.92 Å². The molecule has 2 amide bonds. The van der Waals surface area contributed by atoms with Gasteiger partial charge < -0.3 is 15.0 Å². The standard InChI is InChI=1S/C24H23N3O3S/c1-15(2)27-20-10-9-17(26-22(28)14-30-18-7-4-6-16(3)12-18)13-21(20)31-23-19(24(27)29)8-5-11-25-23/h4-13,15H,14H2,1-3H3,(H,26,28). The molecule has 2 aromatic carbocycles. The van der Waals surface area contributed by atoms with Crippen LogP contribution >= 0.6 is 11.8 Å². The number of amides is 2. The molecule has 0 aliphatic carbocycles. The first-order valence-corrected chi connectivity index (χ1v) is 10.8. The maximum Gasteiger partial charge on any atom is 0.262 e. The molecule has 0 radical (unpaired) electrons. The van der Waals surface area contributed by atoms with Crippen molar-refractivity contribution in [2.45, 2.75) is 36.7 Å². The Morgan fingerprint density at radius 3 is 2.77 bits per heavy atom. The van der Waals surface area contributed by atoms with Crippen LogP contribution in [0.15, 0.2) is 70.7 Å². The summed E-state index contributed by atoms with van der Waals surface area (Å²) in [5.41, 5.74) is 3.09. The lowest BCUT2D eigenvalue weighted by Gasteiger charge is -2.27. The number of pyridine rings is 1. The molecule has 158 valence electrons. The second-order valence-corrected chi connectivity index (χ2v) is 8.59. The monoisotopic (exact) mass is 433 g/mol. The summed E-state index contributed by atoms with van der Waals surface area (Å²) in [5, 5.41) is 3.53. The van der Waals surface area contributed by atoms with Gasteiger partial charge in [-0.1, -0.05) is 23.9 Å². The zero-order valence-corrected chi connectivity index (χ0v) is 18.4. The number of rotatable bonds is 5. The van der Waals surface area contributed by atoms with E-state index < -0.39 is 0 Å². The molecule has 6 nitrogen and oxygen atoms in total. The summed E-state index contributed by atoms with van der Waals surface area (Å²) in [7, 11) is 0. The second-order valence-electron chi connectivity index (χ2n) is 7.56. The number of hydrogen-bond donors (Lipinski definition) is 1. The van der Waals surface area contributed by atoms with E-state index in [4.69, 9.17) is 4.74 Å². The largest absolute Gasteiger partial charge is 0.484 e. The van der Waals surface area contributed by atoms with Crippen molar-refractivity contribution in [3.8, 4) is 5.75 Å². The molecule has 0 saturated heterocycles. The molecule has 4 rings (SSSR count). The van der Waals surface area contributed by atoms with Gasteiger partial charge in [-0.15, -0.1) is 0 Å². The number of anilines is 2. The molecule has 0 bridgehead atoms. The number of nitrogens with one attached hydrogen (secondary N) is 1. The average Bonchev–Trinajstić information content (AvgIpc) is 2.86. The van der Waals surface area contributed by atoms with Gasteiger partial charge in [-0.3, -0.25) is 9.59 Å². The van der Waals surface area contributed by atoms with Crippen LogP contribution in [0.4, 0.5) is 11.4 Å². The average molecular weight is 434 g/mol. The number of nitrogens with zero attached hydrogens (tertiary/aromatic N) is 2. The summed E-state index contributed by atoms with van der Waals surface area (Å²) in [5.74, 6) is 0.324. The van der Waals surface area contributed by atoms with Crippen molar-refractivity contribution in [3.63, 3.8) is 0 Å². The highest BCUT2D eigenvalue weighted by Gasteiger charge is 2.30. The summed E-state index contributed by atoms with van der Waals surface area (Å²) in [6.45, 7) is 5.84. The van der Waals surface area contributed by atoms with E-state index in [2.05, 4.69) is 10.3 Å². The Labute approximate surface area is 185 Å². The zero-order valence-electron chi connectivity index (χ0n) is 17.6. The summed E-state index contributed by atoms with van der Waals surface area (Å²) < 4.78 is 5.58. The predicted molar refractivity (Wildman–Crippen MR) is 122 cm³/mol. The third kappa shape index (κ3) is 4.56. The molecule has 0 atom stereocenters. The molecule has 0 fully saturated rings. The molecule has 1 N–H and O–H groups in total. The van der Waals surface area contributed by atoms with Crippen LogP contribution in [-0.4, -0.2) is 29.4 Å². The summed E-state index contributed by atoms with van der Waals surface area (Å²) >= 11 is 1.43. The van der Waals surface area contributed by atoms with Gasteiger partial charge in [0.2, 0.25) is 0 Å². The Morgan fingerprint density at radius 1 is 1.16 bits per heavy atom. The van der Waals surface area contributed by atoms with Crippen molar-refractivity contribution in [1.29, 1.82) is 0 Å². The molecule has 7 heteroatoms. The van der Waals surface area contributed by atoms with E-state index in [0.29, 0.717) is 22.0 Å². The molecule has 1 aliphatic rings. The first-order valence-electron chi connectivity index (χ1n) is 10.0. The highest BCUT2D eigenvalue weighted by Crippen LogP contribution is 2.42. The van der Waals surface area contributed by atoms with Crippen LogP contribution in [0.3, 0.4) is 0 Å². The number of ether oxygens (including phenoxy) is 1. The number of carbonyl (C=O) groups excluding carboxylic acids is 2. The van der Waals surface area contributed by atoms with Gasteiger partial charge >= 0.3 is 0 Å². The Bertz CT molecular complexity index is 1150. The van der Waals surface area contributed by atoms with Crippen LogP contribution in [-0.2, 0) is 4.79 Å². The molecular formula is C24H23N3O3S. The van der Waals surface area contributed by atoms with E-state index in [9.17, 15) is 9.59 Å². The van der Waals surface area contributed by atoms with E-state index in [1.54, 1.807) is 29.3 Å². The van der Waals surface area contributed by atoms with Crippen molar-refractivity contribution < 1.29 is 14.3 Å². The van der Waals surface area contributed by atoms with Crippen LogP contribution in [0.5, 0.6) is 5.75 Å². The van der Waals surface area contributed by atoms with Gasteiger partial charge in [-0.05, 0) is 68.8 Å².